The number of carbonyl (C=O) groups excluding carboxylic acids is 1. The number of likely N-dealkylation sites (tertiary alicyclic amines) is 2. The predicted molar refractivity (Wildman–Crippen MR) is 114 cm³/mol. The van der Waals surface area contributed by atoms with Crippen LogP contribution < -0.4 is 4.90 Å². The second-order valence-electron chi connectivity index (χ2n) is 8.21. The van der Waals surface area contributed by atoms with Gasteiger partial charge in [-0.2, -0.15) is 0 Å². The summed E-state index contributed by atoms with van der Waals surface area (Å²) in [6.07, 6.45) is 3.82. The van der Waals surface area contributed by atoms with E-state index in [1.54, 1.807) is 0 Å². The summed E-state index contributed by atoms with van der Waals surface area (Å²) in [7, 11) is 0. The fourth-order valence-electron chi connectivity index (χ4n) is 4.62. The molecule has 4 rings (SSSR count). The van der Waals surface area contributed by atoms with Crippen LogP contribution in [0.5, 0.6) is 0 Å². The van der Waals surface area contributed by atoms with Crippen LogP contribution in [-0.4, -0.2) is 54.0 Å². The molecule has 2 aromatic rings. The Morgan fingerprint density at radius 1 is 1.00 bits per heavy atom. The molecule has 0 saturated carbocycles. The molecule has 2 aromatic carbocycles. The van der Waals surface area contributed by atoms with Crippen molar-refractivity contribution in [1.82, 2.24) is 9.80 Å². The third-order valence-corrected chi connectivity index (χ3v) is 6.23. The van der Waals surface area contributed by atoms with Gasteiger partial charge >= 0.3 is 0 Å². The van der Waals surface area contributed by atoms with Crippen LogP contribution in [-0.2, 0) is 11.3 Å². The largest absolute Gasteiger partial charge is 0.307 e. The lowest BCUT2D eigenvalue weighted by molar-refractivity contribution is -0.120. The molecule has 2 atom stereocenters. The monoisotopic (exact) mass is 377 g/mol. The van der Waals surface area contributed by atoms with Gasteiger partial charge in [0, 0.05) is 24.3 Å². The van der Waals surface area contributed by atoms with E-state index in [1.165, 1.54) is 32.4 Å². The number of anilines is 1. The second kappa shape index (κ2) is 8.89. The zero-order chi connectivity index (χ0) is 19.3. The van der Waals surface area contributed by atoms with Crippen molar-refractivity contribution in [3.8, 4) is 0 Å². The molecule has 1 amide bonds. The summed E-state index contributed by atoms with van der Waals surface area (Å²) in [4.78, 5) is 20.3. The molecule has 2 fully saturated rings. The maximum absolute atomic E-state index is 13.3. The van der Waals surface area contributed by atoms with E-state index < -0.39 is 0 Å². The number of hydrogen-bond acceptors (Lipinski definition) is 3. The highest BCUT2D eigenvalue weighted by atomic mass is 16.2. The van der Waals surface area contributed by atoms with Crippen molar-refractivity contribution >= 4 is 11.6 Å². The van der Waals surface area contributed by atoms with Crippen LogP contribution in [0.4, 0.5) is 5.69 Å². The lowest BCUT2D eigenvalue weighted by Crippen LogP contribution is -2.42. The molecular formula is C24H31N3O. The normalized spacial score (nSPS) is 23.2. The van der Waals surface area contributed by atoms with E-state index in [4.69, 9.17) is 0 Å². The summed E-state index contributed by atoms with van der Waals surface area (Å²) in [6.45, 7) is 6.84. The molecule has 4 heteroatoms. The van der Waals surface area contributed by atoms with E-state index >= 15 is 0 Å². The summed E-state index contributed by atoms with van der Waals surface area (Å²) >= 11 is 0. The molecule has 148 valence electrons. The van der Waals surface area contributed by atoms with Crippen LogP contribution in [0.2, 0.25) is 0 Å². The molecule has 0 spiro atoms. The Hall–Kier alpha value is -2.17. The minimum absolute atomic E-state index is 0.184. The first-order valence-corrected chi connectivity index (χ1v) is 10.6. The molecule has 0 aliphatic carbocycles. The zero-order valence-electron chi connectivity index (χ0n) is 16.8. The van der Waals surface area contributed by atoms with Crippen LogP contribution in [0, 0.1) is 0 Å². The van der Waals surface area contributed by atoms with E-state index in [2.05, 4.69) is 28.9 Å². The van der Waals surface area contributed by atoms with Crippen LogP contribution in [0.15, 0.2) is 60.7 Å². The van der Waals surface area contributed by atoms with Crippen molar-refractivity contribution in [3.05, 3.63) is 66.2 Å². The summed E-state index contributed by atoms with van der Waals surface area (Å²) in [5.41, 5.74) is 2.13. The summed E-state index contributed by atoms with van der Waals surface area (Å²) in [6, 6.07) is 21.4. The van der Waals surface area contributed by atoms with E-state index in [-0.39, 0.29) is 5.91 Å². The smallest absolute Gasteiger partial charge is 0.241 e. The fraction of sp³-hybridized carbons (Fsp3) is 0.458. The van der Waals surface area contributed by atoms with E-state index in [9.17, 15) is 4.79 Å². The van der Waals surface area contributed by atoms with Gasteiger partial charge in [0.25, 0.3) is 0 Å². The molecule has 2 aliphatic rings. The van der Waals surface area contributed by atoms with Crippen LogP contribution in [0.3, 0.4) is 0 Å². The average Bonchev–Trinajstić information content (AvgIpc) is 3.38. The first-order chi connectivity index (χ1) is 13.7. The van der Waals surface area contributed by atoms with Gasteiger partial charge in [-0.05, 0) is 57.0 Å². The van der Waals surface area contributed by atoms with Gasteiger partial charge in [0.1, 0.15) is 0 Å². The highest BCUT2D eigenvalue weighted by Gasteiger charge is 2.35. The SMILES string of the molecule is CC1CC(N2CCCC2)CN1CC(=O)N(Cc1ccccc1)c1ccccc1. The van der Waals surface area contributed by atoms with E-state index in [0.717, 1.165) is 17.8 Å². The quantitative estimate of drug-likeness (QED) is 0.767. The molecule has 0 bridgehead atoms. The second-order valence-corrected chi connectivity index (χ2v) is 8.21. The lowest BCUT2D eigenvalue weighted by Gasteiger charge is -2.28. The Balaban J connectivity index is 1.46. The van der Waals surface area contributed by atoms with Gasteiger partial charge in [-0.15, -0.1) is 0 Å². The van der Waals surface area contributed by atoms with Crippen LogP contribution in [0.1, 0.15) is 31.7 Å². The van der Waals surface area contributed by atoms with Gasteiger partial charge in [-0.1, -0.05) is 48.5 Å². The lowest BCUT2D eigenvalue weighted by atomic mass is 10.1. The Morgan fingerprint density at radius 3 is 2.32 bits per heavy atom. The molecule has 2 heterocycles. The number of carbonyl (C=O) groups is 1. The van der Waals surface area contributed by atoms with Crippen molar-refractivity contribution in [2.24, 2.45) is 0 Å². The average molecular weight is 378 g/mol. The summed E-state index contributed by atoms with van der Waals surface area (Å²) in [5, 5.41) is 0. The molecule has 28 heavy (non-hydrogen) atoms. The third kappa shape index (κ3) is 4.45. The third-order valence-electron chi connectivity index (χ3n) is 6.23. The van der Waals surface area contributed by atoms with Gasteiger partial charge in [0.05, 0.1) is 13.1 Å². The Kier molecular flexibility index (Phi) is 6.08. The number of amides is 1. The maximum Gasteiger partial charge on any atom is 0.241 e. The van der Waals surface area contributed by atoms with Crippen molar-refractivity contribution in [2.45, 2.75) is 44.8 Å². The van der Waals surface area contributed by atoms with Crippen molar-refractivity contribution < 1.29 is 4.79 Å². The van der Waals surface area contributed by atoms with Gasteiger partial charge in [0.2, 0.25) is 5.91 Å². The van der Waals surface area contributed by atoms with Crippen molar-refractivity contribution in [1.29, 1.82) is 0 Å². The molecule has 0 aromatic heterocycles. The van der Waals surface area contributed by atoms with Crippen LogP contribution >= 0.6 is 0 Å². The van der Waals surface area contributed by atoms with Gasteiger partial charge in [-0.25, -0.2) is 0 Å². The maximum atomic E-state index is 13.3. The number of benzene rings is 2. The standard InChI is InChI=1S/C24H31N3O/c1-20-16-23(25-14-8-9-15-25)18-26(20)19-24(28)27(22-12-6-3-7-13-22)17-21-10-4-2-5-11-21/h2-7,10-13,20,23H,8-9,14-19H2,1H3. The van der Waals surface area contributed by atoms with E-state index in [1.807, 2.05) is 53.4 Å². The highest BCUT2D eigenvalue weighted by molar-refractivity contribution is 5.94. The van der Waals surface area contributed by atoms with Gasteiger partial charge < -0.3 is 4.90 Å². The molecule has 2 aliphatic heterocycles. The molecule has 0 radical (unpaired) electrons. The zero-order valence-corrected chi connectivity index (χ0v) is 16.8. The highest BCUT2D eigenvalue weighted by Crippen LogP contribution is 2.26. The number of para-hydroxylation sites is 1. The number of rotatable bonds is 6. The summed E-state index contributed by atoms with van der Waals surface area (Å²) in [5.74, 6) is 0.184. The first kappa shape index (κ1) is 19.2. The van der Waals surface area contributed by atoms with Gasteiger partial charge in [-0.3, -0.25) is 14.6 Å². The predicted octanol–water partition coefficient (Wildman–Crippen LogP) is 3.78. The Labute approximate surface area is 168 Å². The minimum Gasteiger partial charge on any atom is -0.307 e. The van der Waals surface area contributed by atoms with Gasteiger partial charge in [0.15, 0.2) is 0 Å². The first-order valence-electron chi connectivity index (χ1n) is 10.6. The van der Waals surface area contributed by atoms with E-state index in [0.29, 0.717) is 25.2 Å². The van der Waals surface area contributed by atoms with Crippen molar-refractivity contribution in [3.63, 3.8) is 0 Å². The fourth-order valence-corrected chi connectivity index (χ4v) is 4.62. The molecule has 4 nitrogen and oxygen atoms in total. The van der Waals surface area contributed by atoms with Crippen LogP contribution in [0.25, 0.3) is 0 Å². The van der Waals surface area contributed by atoms with Crippen molar-refractivity contribution in [2.75, 3.05) is 31.1 Å². The molecule has 2 unspecified atom stereocenters. The molecule has 2 saturated heterocycles. The summed E-state index contributed by atoms with van der Waals surface area (Å²) < 4.78 is 0. The topological polar surface area (TPSA) is 26.8 Å². The Bertz CT molecular complexity index is 758. The number of hydrogen-bond donors (Lipinski definition) is 0. The molecule has 0 N–H and O–H groups in total. The molecular weight excluding hydrogens is 346 g/mol. The minimum atomic E-state index is 0.184. The number of nitrogens with zero attached hydrogens (tertiary/aromatic N) is 3. The Morgan fingerprint density at radius 2 is 1.64 bits per heavy atom.